The average Bonchev–Trinajstić information content (AvgIpc) is 3.41. The molecule has 2 aromatic heterocycles. The summed E-state index contributed by atoms with van der Waals surface area (Å²) in [4.78, 5) is 37.6. The summed E-state index contributed by atoms with van der Waals surface area (Å²) in [6.07, 6.45) is -4.78. The van der Waals surface area contributed by atoms with E-state index in [1.165, 1.54) is 23.1 Å². The van der Waals surface area contributed by atoms with Crippen molar-refractivity contribution >= 4 is 61.2 Å². The minimum Gasteiger partial charge on any atom is -0.406 e. The van der Waals surface area contributed by atoms with Gasteiger partial charge < -0.3 is 29.7 Å². The summed E-state index contributed by atoms with van der Waals surface area (Å²) in [6, 6.07) is 7.50. The summed E-state index contributed by atoms with van der Waals surface area (Å²) < 4.78 is 44.1. The zero-order chi connectivity index (χ0) is 28.5. The molecule has 0 radical (unpaired) electrons. The molecule has 2 N–H and O–H groups in total. The van der Waals surface area contributed by atoms with E-state index in [9.17, 15) is 22.8 Å². The van der Waals surface area contributed by atoms with Crippen molar-refractivity contribution in [2.24, 2.45) is 7.05 Å². The number of anilines is 3. The fourth-order valence-electron chi connectivity index (χ4n) is 4.01. The van der Waals surface area contributed by atoms with Crippen LogP contribution in [-0.4, -0.2) is 71.3 Å². The van der Waals surface area contributed by atoms with Crippen LogP contribution in [0.1, 0.15) is 24.2 Å². The van der Waals surface area contributed by atoms with Crippen molar-refractivity contribution in [3.05, 3.63) is 35.9 Å². The SMILES string of the molecule is CCN(CC)c1cc2c(cc1C(=O)NCC(=O)N(C)C)nc(Nc1nc3ccc(OC(F)(F)F)cc3s1)n2C. The van der Waals surface area contributed by atoms with Crippen molar-refractivity contribution in [3.8, 4) is 5.75 Å². The molecule has 2 aromatic carbocycles. The van der Waals surface area contributed by atoms with Crippen LogP contribution >= 0.6 is 11.3 Å². The van der Waals surface area contributed by atoms with Crippen LogP contribution in [0.5, 0.6) is 5.75 Å². The maximum atomic E-state index is 13.1. The lowest BCUT2D eigenvalue weighted by Gasteiger charge is -2.24. The molecular formula is C25H28F3N7O3S. The van der Waals surface area contributed by atoms with E-state index in [2.05, 4.69) is 25.3 Å². The molecule has 0 bridgehead atoms. The molecule has 2 amide bonds. The summed E-state index contributed by atoms with van der Waals surface area (Å²) in [6.45, 7) is 5.16. The number of alkyl halides is 3. The van der Waals surface area contributed by atoms with E-state index in [0.717, 1.165) is 16.9 Å². The number of benzene rings is 2. The first kappa shape index (κ1) is 28.0. The quantitative estimate of drug-likeness (QED) is 0.309. The highest BCUT2D eigenvalue weighted by Crippen LogP contribution is 2.34. The topological polar surface area (TPSA) is 105 Å². The molecule has 0 saturated carbocycles. The number of fused-ring (bicyclic) bond motifs is 2. The first-order chi connectivity index (χ1) is 18.4. The summed E-state index contributed by atoms with van der Waals surface area (Å²) in [5.74, 6) is -0.514. The van der Waals surface area contributed by atoms with Crippen molar-refractivity contribution in [1.29, 1.82) is 0 Å². The Bertz CT molecular complexity index is 1530. The Morgan fingerprint density at radius 1 is 1.08 bits per heavy atom. The second-order valence-electron chi connectivity index (χ2n) is 8.82. The van der Waals surface area contributed by atoms with E-state index >= 15 is 0 Å². The smallest absolute Gasteiger partial charge is 0.406 e. The molecule has 2 heterocycles. The van der Waals surface area contributed by atoms with Gasteiger partial charge in [-0.05, 0) is 38.1 Å². The Kier molecular flexibility index (Phi) is 7.86. The molecule has 0 aliphatic rings. The van der Waals surface area contributed by atoms with E-state index in [1.54, 1.807) is 20.2 Å². The van der Waals surface area contributed by atoms with Gasteiger partial charge in [0.05, 0.1) is 39.0 Å². The summed E-state index contributed by atoms with van der Waals surface area (Å²) >= 11 is 1.15. The number of amides is 2. The Balaban J connectivity index is 1.68. The minimum atomic E-state index is -4.78. The van der Waals surface area contributed by atoms with Crippen LogP contribution in [0.2, 0.25) is 0 Å². The number of halogens is 3. The van der Waals surface area contributed by atoms with Crippen molar-refractivity contribution in [1.82, 2.24) is 24.8 Å². The van der Waals surface area contributed by atoms with Crippen molar-refractivity contribution in [3.63, 3.8) is 0 Å². The minimum absolute atomic E-state index is 0.135. The predicted molar refractivity (Wildman–Crippen MR) is 145 cm³/mol. The summed E-state index contributed by atoms with van der Waals surface area (Å²) in [5.41, 5.74) is 2.89. The highest BCUT2D eigenvalue weighted by Gasteiger charge is 2.31. The van der Waals surface area contributed by atoms with Crippen LogP contribution in [0.3, 0.4) is 0 Å². The van der Waals surface area contributed by atoms with E-state index in [1.807, 2.05) is 36.4 Å². The maximum absolute atomic E-state index is 13.1. The van der Waals surface area contributed by atoms with Gasteiger partial charge in [-0.1, -0.05) is 11.3 Å². The van der Waals surface area contributed by atoms with Crippen LogP contribution in [0.15, 0.2) is 30.3 Å². The number of hydrogen-bond donors (Lipinski definition) is 2. The van der Waals surface area contributed by atoms with Crippen LogP contribution in [0.25, 0.3) is 21.3 Å². The zero-order valence-corrected chi connectivity index (χ0v) is 22.8. The molecule has 0 atom stereocenters. The van der Waals surface area contributed by atoms with Crippen LogP contribution in [-0.2, 0) is 11.8 Å². The Morgan fingerprint density at radius 2 is 1.79 bits per heavy atom. The third-order valence-corrected chi connectivity index (χ3v) is 6.99. The monoisotopic (exact) mass is 563 g/mol. The number of carbonyl (C=O) groups is 2. The van der Waals surface area contributed by atoms with Gasteiger partial charge in [0, 0.05) is 40.3 Å². The number of imidazole rings is 1. The number of carbonyl (C=O) groups excluding carboxylic acids is 2. The zero-order valence-electron chi connectivity index (χ0n) is 22.0. The Morgan fingerprint density at radius 3 is 2.44 bits per heavy atom. The van der Waals surface area contributed by atoms with Crippen LogP contribution in [0.4, 0.5) is 29.9 Å². The lowest BCUT2D eigenvalue weighted by molar-refractivity contribution is -0.274. The molecule has 208 valence electrons. The third kappa shape index (κ3) is 6.16. The first-order valence-corrected chi connectivity index (χ1v) is 12.9. The number of ether oxygens (including phenoxy) is 1. The average molecular weight is 564 g/mol. The molecule has 4 aromatic rings. The lowest BCUT2D eigenvalue weighted by atomic mass is 10.1. The van der Waals surface area contributed by atoms with Gasteiger partial charge in [-0.2, -0.15) is 0 Å². The van der Waals surface area contributed by atoms with Gasteiger partial charge in [-0.25, -0.2) is 9.97 Å². The molecular weight excluding hydrogens is 535 g/mol. The fraction of sp³-hybridized carbons (Fsp3) is 0.360. The number of nitrogens with one attached hydrogen (secondary N) is 2. The second-order valence-corrected chi connectivity index (χ2v) is 9.85. The molecule has 0 aliphatic carbocycles. The molecule has 0 spiro atoms. The third-order valence-electron chi connectivity index (χ3n) is 6.06. The number of nitrogens with zero attached hydrogens (tertiary/aromatic N) is 5. The normalized spacial score (nSPS) is 11.6. The van der Waals surface area contributed by atoms with E-state index in [0.29, 0.717) is 51.2 Å². The van der Waals surface area contributed by atoms with Crippen molar-refractivity contribution in [2.45, 2.75) is 20.2 Å². The summed E-state index contributed by atoms with van der Waals surface area (Å²) in [5, 5.41) is 6.24. The Hall–Kier alpha value is -4.07. The Labute approximate surface area is 226 Å². The van der Waals surface area contributed by atoms with Crippen molar-refractivity contribution in [2.75, 3.05) is 43.9 Å². The van der Waals surface area contributed by atoms with Gasteiger partial charge >= 0.3 is 6.36 Å². The summed E-state index contributed by atoms with van der Waals surface area (Å²) in [7, 11) is 5.04. The lowest BCUT2D eigenvalue weighted by Crippen LogP contribution is -2.37. The standard InChI is InChI=1S/C25H28F3N7O3S/c1-6-35(7-2)18-12-19-17(11-15(18)22(37)29-13-21(36)33(3)4)30-23(34(19)5)32-24-31-16-9-8-14(10-20(16)39-24)38-25(26,27)28/h8-12H,6-7,13H2,1-5H3,(H,29,37)(H,30,31,32). The number of hydrogen-bond acceptors (Lipinski definition) is 8. The largest absolute Gasteiger partial charge is 0.573 e. The highest BCUT2D eigenvalue weighted by molar-refractivity contribution is 7.22. The number of aromatic nitrogens is 3. The van der Waals surface area contributed by atoms with E-state index in [4.69, 9.17) is 0 Å². The van der Waals surface area contributed by atoms with Gasteiger partial charge in [0.2, 0.25) is 11.9 Å². The van der Waals surface area contributed by atoms with Gasteiger partial charge in [0.25, 0.3) is 5.91 Å². The van der Waals surface area contributed by atoms with Gasteiger partial charge in [0.1, 0.15) is 5.75 Å². The van der Waals surface area contributed by atoms with E-state index in [-0.39, 0.29) is 18.2 Å². The molecule has 10 nitrogen and oxygen atoms in total. The second kappa shape index (κ2) is 11.0. The van der Waals surface area contributed by atoms with Crippen molar-refractivity contribution < 1.29 is 27.5 Å². The predicted octanol–water partition coefficient (Wildman–Crippen LogP) is 4.49. The first-order valence-electron chi connectivity index (χ1n) is 12.1. The number of aryl methyl sites for hydroxylation is 1. The molecule has 39 heavy (non-hydrogen) atoms. The van der Waals surface area contributed by atoms with Crippen LogP contribution < -0.4 is 20.3 Å². The highest BCUT2D eigenvalue weighted by atomic mass is 32.1. The molecule has 0 unspecified atom stereocenters. The van der Waals surface area contributed by atoms with Gasteiger partial charge in [-0.15, -0.1) is 13.2 Å². The molecule has 4 rings (SSSR count). The molecule has 0 saturated heterocycles. The number of rotatable bonds is 9. The number of thiazole rings is 1. The van der Waals surface area contributed by atoms with Gasteiger partial charge in [-0.3, -0.25) is 9.59 Å². The van der Waals surface area contributed by atoms with E-state index < -0.39 is 12.3 Å². The number of likely N-dealkylation sites (N-methyl/N-ethyl adjacent to an activating group) is 1. The maximum Gasteiger partial charge on any atom is 0.573 e. The van der Waals surface area contributed by atoms with Gasteiger partial charge in [0.15, 0.2) is 5.13 Å². The fourth-order valence-corrected chi connectivity index (χ4v) is 4.90. The molecule has 14 heteroatoms. The molecule has 0 aliphatic heterocycles. The molecule has 0 fully saturated rings. The van der Waals surface area contributed by atoms with Crippen LogP contribution in [0, 0.1) is 0 Å².